The summed E-state index contributed by atoms with van der Waals surface area (Å²) < 4.78 is 0. The minimum Gasteiger partial charge on any atom is -0.369 e. The Morgan fingerprint density at radius 1 is 0.690 bits per heavy atom. The molecule has 5 nitrogen and oxygen atoms in total. The van der Waals surface area contributed by atoms with Gasteiger partial charge in [0, 0.05) is 31.9 Å². The van der Waals surface area contributed by atoms with E-state index in [-0.39, 0.29) is 24.3 Å². The number of benzene rings is 2. The molecule has 0 aromatic heterocycles. The second-order valence-corrected chi connectivity index (χ2v) is 6.48. The lowest BCUT2D eigenvalue weighted by Crippen LogP contribution is -2.52. The van der Waals surface area contributed by atoms with Gasteiger partial charge in [-0.05, 0) is 24.3 Å². The minimum absolute atomic E-state index is 0.0932. The van der Waals surface area contributed by atoms with E-state index in [2.05, 4.69) is 21.9 Å². The van der Waals surface area contributed by atoms with E-state index < -0.39 is 0 Å². The molecular formula is C24H33N3O2. The zero-order chi connectivity index (χ0) is 21.2. The van der Waals surface area contributed by atoms with Gasteiger partial charge >= 0.3 is 0 Å². The number of para-hydroxylation sites is 2. The molecule has 2 heterocycles. The summed E-state index contributed by atoms with van der Waals surface area (Å²) in [7, 11) is 0. The lowest BCUT2D eigenvalue weighted by atomic mass is 10.1. The molecule has 0 bridgehead atoms. The highest BCUT2D eigenvalue weighted by Crippen LogP contribution is 2.26. The molecule has 0 radical (unpaired) electrons. The summed E-state index contributed by atoms with van der Waals surface area (Å²) in [5, 5.41) is 0. The lowest BCUT2D eigenvalue weighted by molar-refractivity contribution is -0.123. The molecular weight excluding hydrogens is 362 g/mol. The molecule has 4 rings (SSSR count). The van der Waals surface area contributed by atoms with E-state index in [9.17, 15) is 9.59 Å². The summed E-state index contributed by atoms with van der Waals surface area (Å²) in [6.07, 6.45) is 0.277. The molecule has 2 aromatic carbocycles. The van der Waals surface area contributed by atoms with Crippen LogP contribution in [0.2, 0.25) is 0 Å². The Bertz CT molecular complexity index is 756. The maximum Gasteiger partial charge on any atom is 0.251 e. The number of amides is 2. The van der Waals surface area contributed by atoms with Crippen molar-refractivity contribution in [2.45, 2.75) is 40.2 Å². The van der Waals surface area contributed by atoms with Gasteiger partial charge < -0.3 is 4.90 Å². The summed E-state index contributed by atoms with van der Waals surface area (Å²) in [5.41, 5.74) is 1.88. The van der Waals surface area contributed by atoms with Crippen molar-refractivity contribution in [2.24, 2.45) is 0 Å². The molecule has 0 spiro atoms. The summed E-state index contributed by atoms with van der Waals surface area (Å²) >= 11 is 0. The molecule has 1 unspecified atom stereocenters. The normalized spacial score (nSPS) is 19.2. The molecule has 156 valence electrons. The van der Waals surface area contributed by atoms with E-state index in [4.69, 9.17) is 0 Å². The first-order valence-electron chi connectivity index (χ1n) is 10.7. The highest BCUT2D eigenvalue weighted by Gasteiger charge is 2.43. The van der Waals surface area contributed by atoms with Crippen molar-refractivity contribution in [3.63, 3.8) is 0 Å². The SMILES string of the molecule is CC.CC.O=C1CC(N2CCN(c3ccccc3)CC2)C(=O)N1c1ccccc1. The number of rotatable bonds is 3. The quantitative estimate of drug-likeness (QED) is 0.731. The van der Waals surface area contributed by atoms with Crippen LogP contribution in [0.4, 0.5) is 11.4 Å². The highest BCUT2D eigenvalue weighted by atomic mass is 16.2. The third kappa shape index (κ3) is 5.24. The van der Waals surface area contributed by atoms with Gasteiger partial charge in [0.15, 0.2) is 0 Å². The second-order valence-electron chi connectivity index (χ2n) is 6.48. The fourth-order valence-corrected chi connectivity index (χ4v) is 3.68. The van der Waals surface area contributed by atoms with Crippen molar-refractivity contribution in [3.8, 4) is 0 Å². The van der Waals surface area contributed by atoms with Crippen molar-refractivity contribution in [1.29, 1.82) is 0 Å². The van der Waals surface area contributed by atoms with Gasteiger partial charge in [0.05, 0.1) is 18.2 Å². The van der Waals surface area contributed by atoms with Gasteiger partial charge in [-0.15, -0.1) is 0 Å². The van der Waals surface area contributed by atoms with Gasteiger partial charge in [0.2, 0.25) is 5.91 Å². The smallest absolute Gasteiger partial charge is 0.251 e. The number of hydrogen-bond acceptors (Lipinski definition) is 4. The van der Waals surface area contributed by atoms with Crippen molar-refractivity contribution in [1.82, 2.24) is 4.90 Å². The highest BCUT2D eigenvalue weighted by molar-refractivity contribution is 6.22. The van der Waals surface area contributed by atoms with Crippen molar-refractivity contribution in [2.75, 3.05) is 36.0 Å². The maximum absolute atomic E-state index is 12.8. The van der Waals surface area contributed by atoms with E-state index in [1.807, 2.05) is 76.2 Å². The van der Waals surface area contributed by atoms with Gasteiger partial charge in [-0.3, -0.25) is 14.5 Å². The van der Waals surface area contributed by atoms with Gasteiger partial charge in [0.25, 0.3) is 5.91 Å². The number of nitrogens with zero attached hydrogens (tertiary/aromatic N) is 3. The van der Waals surface area contributed by atoms with Crippen LogP contribution in [0, 0.1) is 0 Å². The Kier molecular flexibility index (Phi) is 8.87. The number of anilines is 2. The Balaban J connectivity index is 0.000000707. The van der Waals surface area contributed by atoms with Crippen LogP contribution in [0.1, 0.15) is 34.1 Å². The number of carbonyl (C=O) groups excluding carboxylic acids is 2. The maximum atomic E-state index is 12.8. The van der Waals surface area contributed by atoms with E-state index in [1.54, 1.807) is 0 Å². The number of hydrogen-bond donors (Lipinski definition) is 0. The molecule has 2 aromatic rings. The van der Waals surface area contributed by atoms with E-state index in [0.29, 0.717) is 5.69 Å². The van der Waals surface area contributed by atoms with Crippen LogP contribution in [-0.2, 0) is 9.59 Å². The van der Waals surface area contributed by atoms with Crippen molar-refractivity contribution < 1.29 is 9.59 Å². The number of carbonyl (C=O) groups is 2. The third-order valence-electron chi connectivity index (χ3n) is 5.01. The topological polar surface area (TPSA) is 43.9 Å². The Morgan fingerprint density at radius 3 is 1.69 bits per heavy atom. The summed E-state index contributed by atoms with van der Waals surface area (Å²) in [5.74, 6) is -0.198. The molecule has 0 N–H and O–H groups in total. The van der Waals surface area contributed by atoms with Crippen LogP contribution in [0.25, 0.3) is 0 Å². The fraction of sp³-hybridized carbons (Fsp3) is 0.417. The molecule has 29 heavy (non-hydrogen) atoms. The molecule has 2 aliphatic rings. The predicted molar refractivity (Wildman–Crippen MR) is 120 cm³/mol. The monoisotopic (exact) mass is 395 g/mol. The molecule has 2 fully saturated rings. The molecule has 1 atom stereocenters. The number of piperazine rings is 1. The van der Waals surface area contributed by atoms with E-state index in [0.717, 1.165) is 26.2 Å². The van der Waals surface area contributed by atoms with Crippen LogP contribution < -0.4 is 9.80 Å². The first-order chi connectivity index (χ1) is 14.2. The van der Waals surface area contributed by atoms with E-state index >= 15 is 0 Å². The van der Waals surface area contributed by atoms with Gasteiger partial charge in [-0.25, -0.2) is 4.90 Å². The standard InChI is InChI=1S/C20H21N3O2.2C2H6/c24-19-15-18(20(25)23(19)17-9-5-2-6-10-17)22-13-11-21(12-14-22)16-7-3-1-4-8-16;2*1-2/h1-10,18H,11-15H2;2*1-2H3. The molecule has 0 saturated carbocycles. The first kappa shape index (κ1) is 22.6. The van der Waals surface area contributed by atoms with Gasteiger partial charge in [0.1, 0.15) is 0 Å². The summed E-state index contributed by atoms with van der Waals surface area (Å²) in [6.45, 7) is 11.3. The average Bonchev–Trinajstić information content (AvgIpc) is 3.11. The Hall–Kier alpha value is -2.66. The number of imide groups is 1. The molecule has 0 aliphatic carbocycles. The third-order valence-corrected chi connectivity index (χ3v) is 5.01. The van der Waals surface area contributed by atoms with Crippen molar-refractivity contribution >= 4 is 23.2 Å². The van der Waals surface area contributed by atoms with Crippen LogP contribution in [-0.4, -0.2) is 48.9 Å². The second kappa shape index (κ2) is 11.4. The molecule has 2 aliphatic heterocycles. The van der Waals surface area contributed by atoms with Gasteiger partial charge in [-0.2, -0.15) is 0 Å². The average molecular weight is 396 g/mol. The van der Waals surface area contributed by atoms with Crippen LogP contribution in [0.15, 0.2) is 60.7 Å². The summed E-state index contributed by atoms with van der Waals surface area (Å²) in [4.78, 5) is 31.0. The van der Waals surface area contributed by atoms with Crippen molar-refractivity contribution in [3.05, 3.63) is 60.7 Å². The largest absolute Gasteiger partial charge is 0.369 e. The molecule has 5 heteroatoms. The zero-order valence-electron chi connectivity index (χ0n) is 18.0. The van der Waals surface area contributed by atoms with Crippen LogP contribution >= 0.6 is 0 Å². The van der Waals surface area contributed by atoms with Gasteiger partial charge in [-0.1, -0.05) is 64.1 Å². The summed E-state index contributed by atoms with van der Waals surface area (Å²) in [6, 6.07) is 19.2. The van der Waals surface area contributed by atoms with Crippen LogP contribution in [0.3, 0.4) is 0 Å². The van der Waals surface area contributed by atoms with Crippen LogP contribution in [0.5, 0.6) is 0 Å². The minimum atomic E-state index is -0.328. The zero-order valence-corrected chi connectivity index (χ0v) is 18.0. The molecule has 2 saturated heterocycles. The Morgan fingerprint density at radius 2 is 1.17 bits per heavy atom. The van der Waals surface area contributed by atoms with E-state index in [1.165, 1.54) is 10.6 Å². The fourth-order valence-electron chi connectivity index (χ4n) is 3.68. The first-order valence-corrected chi connectivity index (χ1v) is 10.7. The molecule has 2 amide bonds. The Labute approximate surface area is 174 Å². The lowest BCUT2D eigenvalue weighted by Gasteiger charge is -2.38. The predicted octanol–water partition coefficient (Wildman–Crippen LogP) is 4.19.